The molecule has 1 aromatic rings. The zero-order chi connectivity index (χ0) is 8.27. The molecule has 1 atom stereocenters. The minimum atomic E-state index is 0.262. The van der Waals surface area contributed by atoms with Crippen LogP contribution in [0.4, 0.5) is 5.69 Å². The molecule has 0 amide bonds. The van der Waals surface area contributed by atoms with Crippen molar-refractivity contribution in [1.82, 2.24) is 10.3 Å². The first-order valence-corrected chi connectivity index (χ1v) is 3.62. The molecule has 0 saturated carbocycles. The van der Waals surface area contributed by atoms with Gasteiger partial charge in [0.15, 0.2) is 0 Å². The first-order chi connectivity index (χ1) is 5.24. The van der Waals surface area contributed by atoms with Crippen LogP contribution in [0.3, 0.4) is 0 Å². The Bertz CT molecular complexity index is 235. The highest BCUT2D eigenvalue weighted by atomic mass is 14.9. The van der Waals surface area contributed by atoms with Crippen molar-refractivity contribution in [2.75, 3.05) is 12.8 Å². The van der Waals surface area contributed by atoms with E-state index in [9.17, 15) is 0 Å². The maximum Gasteiger partial charge on any atom is 0.0590 e. The lowest BCUT2D eigenvalue weighted by molar-refractivity contribution is 0.633. The lowest BCUT2D eigenvalue weighted by atomic mass is 10.2. The molecule has 60 valence electrons. The second-order valence-corrected chi connectivity index (χ2v) is 2.52. The van der Waals surface area contributed by atoms with Gasteiger partial charge in [-0.2, -0.15) is 0 Å². The SMILES string of the molecule is CN[C@H](C)c1cc(N)ccn1. The third kappa shape index (κ3) is 1.91. The Balaban J connectivity index is 2.86. The standard InChI is InChI=1S/C8H13N3/c1-6(10-2)8-5-7(9)3-4-11-8/h3-6,10H,1-2H3,(H2,9,11)/t6-/m1/s1. The van der Waals surface area contributed by atoms with Crippen LogP contribution in [0.5, 0.6) is 0 Å². The summed E-state index contributed by atoms with van der Waals surface area (Å²) in [6.45, 7) is 2.04. The van der Waals surface area contributed by atoms with E-state index < -0.39 is 0 Å². The van der Waals surface area contributed by atoms with Gasteiger partial charge in [-0.25, -0.2) is 0 Å². The second kappa shape index (κ2) is 3.34. The van der Waals surface area contributed by atoms with Gasteiger partial charge in [-0.15, -0.1) is 0 Å². The van der Waals surface area contributed by atoms with E-state index in [1.165, 1.54) is 0 Å². The van der Waals surface area contributed by atoms with Crippen LogP contribution >= 0.6 is 0 Å². The van der Waals surface area contributed by atoms with Crippen molar-refractivity contribution in [1.29, 1.82) is 0 Å². The third-order valence-corrected chi connectivity index (χ3v) is 1.68. The van der Waals surface area contributed by atoms with E-state index >= 15 is 0 Å². The van der Waals surface area contributed by atoms with Gasteiger partial charge in [-0.1, -0.05) is 0 Å². The zero-order valence-electron chi connectivity index (χ0n) is 6.83. The lowest BCUT2D eigenvalue weighted by Gasteiger charge is -2.08. The molecule has 3 N–H and O–H groups in total. The van der Waals surface area contributed by atoms with Gasteiger partial charge >= 0.3 is 0 Å². The van der Waals surface area contributed by atoms with Gasteiger partial charge in [0, 0.05) is 17.9 Å². The van der Waals surface area contributed by atoms with E-state index in [0.29, 0.717) is 0 Å². The number of anilines is 1. The van der Waals surface area contributed by atoms with Crippen LogP contribution in [-0.2, 0) is 0 Å². The molecule has 0 saturated heterocycles. The summed E-state index contributed by atoms with van der Waals surface area (Å²) in [6.07, 6.45) is 1.72. The highest BCUT2D eigenvalue weighted by Gasteiger charge is 2.02. The van der Waals surface area contributed by atoms with Crippen molar-refractivity contribution < 1.29 is 0 Å². The summed E-state index contributed by atoms with van der Waals surface area (Å²) in [7, 11) is 1.90. The zero-order valence-corrected chi connectivity index (χ0v) is 6.83. The van der Waals surface area contributed by atoms with Gasteiger partial charge < -0.3 is 11.1 Å². The number of nitrogens with two attached hydrogens (primary N) is 1. The number of nitrogens with zero attached hydrogens (tertiary/aromatic N) is 1. The summed E-state index contributed by atoms with van der Waals surface area (Å²) in [5.74, 6) is 0. The predicted molar refractivity (Wildman–Crippen MR) is 46.1 cm³/mol. The number of aromatic nitrogens is 1. The van der Waals surface area contributed by atoms with E-state index in [1.807, 2.05) is 20.0 Å². The summed E-state index contributed by atoms with van der Waals surface area (Å²) in [5, 5.41) is 3.09. The van der Waals surface area contributed by atoms with E-state index in [1.54, 1.807) is 12.3 Å². The van der Waals surface area contributed by atoms with Gasteiger partial charge in [-0.05, 0) is 26.1 Å². The number of rotatable bonds is 2. The Hall–Kier alpha value is -1.09. The molecule has 11 heavy (non-hydrogen) atoms. The smallest absolute Gasteiger partial charge is 0.0590 e. The number of pyridine rings is 1. The topological polar surface area (TPSA) is 50.9 Å². The summed E-state index contributed by atoms with van der Waals surface area (Å²) in [5.41, 5.74) is 7.32. The molecule has 0 aliphatic heterocycles. The van der Waals surface area contributed by atoms with Crippen molar-refractivity contribution in [3.8, 4) is 0 Å². The molecule has 0 radical (unpaired) electrons. The second-order valence-electron chi connectivity index (χ2n) is 2.52. The Morgan fingerprint density at radius 2 is 2.36 bits per heavy atom. The van der Waals surface area contributed by atoms with Crippen molar-refractivity contribution in [3.05, 3.63) is 24.0 Å². The fraction of sp³-hybridized carbons (Fsp3) is 0.375. The Kier molecular flexibility index (Phi) is 2.44. The molecule has 0 spiro atoms. The Labute approximate surface area is 66.6 Å². The normalized spacial score (nSPS) is 12.9. The molecular weight excluding hydrogens is 138 g/mol. The van der Waals surface area contributed by atoms with E-state index in [2.05, 4.69) is 10.3 Å². The molecule has 0 unspecified atom stereocenters. The number of hydrogen-bond donors (Lipinski definition) is 2. The van der Waals surface area contributed by atoms with Gasteiger partial charge in [-0.3, -0.25) is 4.98 Å². The van der Waals surface area contributed by atoms with Crippen LogP contribution in [0.15, 0.2) is 18.3 Å². The quantitative estimate of drug-likeness (QED) is 0.661. The van der Waals surface area contributed by atoms with E-state index in [4.69, 9.17) is 5.73 Å². The van der Waals surface area contributed by atoms with Crippen molar-refractivity contribution in [2.45, 2.75) is 13.0 Å². The molecular formula is C8H13N3. The van der Waals surface area contributed by atoms with Crippen LogP contribution in [0.2, 0.25) is 0 Å². The van der Waals surface area contributed by atoms with Crippen molar-refractivity contribution >= 4 is 5.69 Å². The maximum absolute atomic E-state index is 5.58. The van der Waals surface area contributed by atoms with Gasteiger partial charge in [0.05, 0.1) is 5.69 Å². The highest BCUT2D eigenvalue weighted by molar-refractivity contribution is 5.37. The lowest BCUT2D eigenvalue weighted by Crippen LogP contribution is -2.13. The van der Waals surface area contributed by atoms with Crippen LogP contribution in [0.25, 0.3) is 0 Å². The molecule has 0 bridgehead atoms. The van der Waals surface area contributed by atoms with Crippen LogP contribution in [0.1, 0.15) is 18.7 Å². The van der Waals surface area contributed by atoms with Crippen molar-refractivity contribution in [2.24, 2.45) is 0 Å². The molecule has 3 heteroatoms. The largest absolute Gasteiger partial charge is 0.399 e. The van der Waals surface area contributed by atoms with Crippen molar-refractivity contribution in [3.63, 3.8) is 0 Å². The monoisotopic (exact) mass is 151 g/mol. The van der Waals surface area contributed by atoms with Crippen LogP contribution in [-0.4, -0.2) is 12.0 Å². The fourth-order valence-electron chi connectivity index (χ4n) is 0.850. The number of hydrogen-bond acceptors (Lipinski definition) is 3. The van der Waals surface area contributed by atoms with Crippen LogP contribution < -0.4 is 11.1 Å². The maximum atomic E-state index is 5.58. The van der Waals surface area contributed by atoms with E-state index in [-0.39, 0.29) is 6.04 Å². The fourth-order valence-corrected chi connectivity index (χ4v) is 0.850. The Morgan fingerprint density at radius 1 is 1.64 bits per heavy atom. The van der Waals surface area contributed by atoms with Crippen LogP contribution in [0, 0.1) is 0 Å². The van der Waals surface area contributed by atoms with Gasteiger partial charge in [0.2, 0.25) is 0 Å². The number of nitrogen functional groups attached to an aromatic ring is 1. The molecule has 1 rings (SSSR count). The average molecular weight is 151 g/mol. The minimum Gasteiger partial charge on any atom is -0.399 e. The molecule has 0 aromatic carbocycles. The molecule has 3 nitrogen and oxygen atoms in total. The molecule has 1 heterocycles. The molecule has 0 aliphatic rings. The summed E-state index contributed by atoms with van der Waals surface area (Å²) < 4.78 is 0. The molecule has 0 aliphatic carbocycles. The molecule has 1 aromatic heterocycles. The summed E-state index contributed by atoms with van der Waals surface area (Å²) in [4.78, 5) is 4.17. The predicted octanol–water partition coefficient (Wildman–Crippen LogP) is 0.944. The Morgan fingerprint density at radius 3 is 2.91 bits per heavy atom. The van der Waals surface area contributed by atoms with Gasteiger partial charge in [0.1, 0.15) is 0 Å². The minimum absolute atomic E-state index is 0.262. The summed E-state index contributed by atoms with van der Waals surface area (Å²) >= 11 is 0. The highest BCUT2D eigenvalue weighted by Crippen LogP contribution is 2.10. The number of nitrogens with one attached hydrogen (secondary N) is 1. The molecule has 0 fully saturated rings. The average Bonchev–Trinajstić information content (AvgIpc) is 2.03. The first kappa shape index (κ1) is 8.01. The summed E-state index contributed by atoms with van der Waals surface area (Å²) in [6, 6.07) is 3.92. The third-order valence-electron chi connectivity index (χ3n) is 1.68. The first-order valence-electron chi connectivity index (χ1n) is 3.62. The van der Waals surface area contributed by atoms with E-state index in [0.717, 1.165) is 11.4 Å². The van der Waals surface area contributed by atoms with Gasteiger partial charge in [0.25, 0.3) is 0 Å².